The van der Waals surface area contributed by atoms with Gasteiger partial charge >= 0.3 is 0 Å². The molecule has 1 fully saturated rings. The van der Waals surface area contributed by atoms with Crippen LogP contribution < -0.4 is 4.90 Å². The molecule has 5 nitrogen and oxygen atoms in total. The van der Waals surface area contributed by atoms with Crippen molar-refractivity contribution < 1.29 is 10.0 Å². The molecule has 1 aromatic carbocycles. The van der Waals surface area contributed by atoms with Crippen molar-refractivity contribution in [2.45, 2.75) is 32.2 Å². The Morgan fingerprint density at radius 2 is 2.17 bits per heavy atom. The fraction of sp³-hybridized carbons (Fsp3) is 0.412. The molecule has 1 atom stereocenters. The van der Waals surface area contributed by atoms with Crippen molar-refractivity contribution in [2.75, 3.05) is 13.1 Å². The number of nitrogens with zero attached hydrogens (tertiary/aromatic N) is 3. The number of aromatic nitrogens is 3. The highest BCUT2D eigenvalue weighted by Gasteiger charge is 2.34. The van der Waals surface area contributed by atoms with Crippen LogP contribution in [-0.2, 0) is 6.42 Å². The molecule has 2 N–H and O–H groups in total. The largest absolute Gasteiger partial charge is 0.492 e. The van der Waals surface area contributed by atoms with E-state index in [9.17, 15) is 5.11 Å². The van der Waals surface area contributed by atoms with Gasteiger partial charge in [0, 0.05) is 29.8 Å². The van der Waals surface area contributed by atoms with Gasteiger partial charge in [0.05, 0.1) is 13.1 Å². The minimum atomic E-state index is 0.0739. The number of rotatable bonds is 4. The van der Waals surface area contributed by atoms with Crippen LogP contribution in [0.25, 0.3) is 4.96 Å². The fourth-order valence-corrected chi connectivity index (χ4v) is 4.86. The summed E-state index contributed by atoms with van der Waals surface area (Å²) in [7, 11) is 0. The van der Waals surface area contributed by atoms with Crippen molar-refractivity contribution in [3.63, 3.8) is 0 Å². The number of halogens is 1. The van der Waals surface area contributed by atoms with E-state index in [4.69, 9.17) is 11.6 Å². The van der Waals surface area contributed by atoms with Gasteiger partial charge in [0.15, 0.2) is 11.9 Å². The summed E-state index contributed by atoms with van der Waals surface area (Å²) in [6.07, 6.45) is 3.19. The monoisotopic (exact) mass is 363 g/mol. The van der Waals surface area contributed by atoms with Crippen LogP contribution in [0.3, 0.4) is 0 Å². The van der Waals surface area contributed by atoms with E-state index >= 15 is 0 Å². The van der Waals surface area contributed by atoms with Crippen molar-refractivity contribution >= 4 is 27.9 Å². The maximum Gasteiger partial charge on any atom is 0.235 e. The molecule has 0 aliphatic carbocycles. The molecule has 0 radical (unpaired) electrons. The number of likely N-dealkylation sites (tertiary alicyclic amines) is 1. The number of quaternary nitrogens is 1. The third-order valence-electron chi connectivity index (χ3n) is 4.66. The number of hydrogen-bond acceptors (Lipinski definition) is 4. The van der Waals surface area contributed by atoms with Crippen molar-refractivity contribution in [1.29, 1.82) is 0 Å². The maximum absolute atomic E-state index is 10.8. The van der Waals surface area contributed by atoms with Gasteiger partial charge < -0.3 is 10.0 Å². The highest BCUT2D eigenvalue weighted by atomic mass is 35.5. The lowest BCUT2D eigenvalue weighted by Crippen LogP contribution is -3.10. The smallest absolute Gasteiger partial charge is 0.235 e. The predicted molar refractivity (Wildman–Crippen MR) is 95.1 cm³/mol. The molecule has 0 spiro atoms. The highest BCUT2D eigenvalue weighted by molar-refractivity contribution is 7.17. The highest BCUT2D eigenvalue weighted by Crippen LogP contribution is 2.35. The summed E-state index contributed by atoms with van der Waals surface area (Å²) in [4.78, 5) is 7.65. The van der Waals surface area contributed by atoms with Crippen LogP contribution in [-0.4, -0.2) is 32.8 Å². The van der Waals surface area contributed by atoms with Crippen molar-refractivity contribution in [1.82, 2.24) is 14.6 Å². The molecule has 0 amide bonds. The number of benzene rings is 1. The number of thiazole rings is 1. The molecule has 126 valence electrons. The van der Waals surface area contributed by atoms with Gasteiger partial charge in [-0.15, -0.1) is 5.10 Å². The summed E-state index contributed by atoms with van der Waals surface area (Å²) in [6.45, 7) is 4.22. The van der Waals surface area contributed by atoms with Gasteiger partial charge in [-0.1, -0.05) is 42.0 Å². The van der Waals surface area contributed by atoms with E-state index in [1.54, 1.807) is 4.52 Å². The molecule has 24 heavy (non-hydrogen) atoms. The molecular formula is C17H20ClN4OS+. The minimum absolute atomic E-state index is 0.0739. The molecule has 4 rings (SSSR count). The first-order chi connectivity index (χ1) is 11.7. The second-order valence-corrected chi connectivity index (χ2v) is 7.66. The standard InChI is InChI=1S/C17H19ClN4OS/c1-2-13-19-17-22(20-13)16(23)15(24-17)14(21-8-3-4-9-21)11-6-5-7-12(18)10-11/h5-7,10,14,23H,2-4,8-9H2,1H3/p+1/t14-/m0/s1. The summed E-state index contributed by atoms with van der Waals surface area (Å²) in [5, 5.41) is 15.9. The molecule has 7 heteroatoms. The molecule has 1 aliphatic heterocycles. The Balaban J connectivity index is 1.83. The van der Waals surface area contributed by atoms with Crippen LogP contribution in [0.5, 0.6) is 5.88 Å². The molecule has 1 saturated heterocycles. The SMILES string of the molecule is CCc1nc2sc([C@H](c3cccc(Cl)c3)[NH+]3CCCC3)c(O)n2n1. The van der Waals surface area contributed by atoms with Crippen LogP contribution in [0.4, 0.5) is 0 Å². The first-order valence-corrected chi connectivity index (χ1v) is 9.54. The van der Waals surface area contributed by atoms with Crippen molar-refractivity contribution in [2.24, 2.45) is 0 Å². The van der Waals surface area contributed by atoms with E-state index in [2.05, 4.69) is 16.1 Å². The predicted octanol–water partition coefficient (Wildman–Crippen LogP) is 2.48. The van der Waals surface area contributed by atoms with Gasteiger partial charge in [0.25, 0.3) is 0 Å². The summed E-state index contributed by atoms with van der Waals surface area (Å²) in [6, 6.07) is 8.03. The summed E-state index contributed by atoms with van der Waals surface area (Å²) in [5.41, 5.74) is 1.13. The topological polar surface area (TPSA) is 54.9 Å². The fourth-order valence-electron chi connectivity index (χ4n) is 3.50. The maximum atomic E-state index is 10.8. The normalized spacial score (nSPS) is 16.9. The summed E-state index contributed by atoms with van der Waals surface area (Å²) >= 11 is 7.75. The zero-order valence-electron chi connectivity index (χ0n) is 13.5. The first kappa shape index (κ1) is 15.9. The lowest BCUT2D eigenvalue weighted by atomic mass is 10.0. The van der Waals surface area contributed by atoms with E-state index in [-0.39, 0.29) is 11.9 Å². The number of fused-ring (bicyclic) bond motifs is 1. The Morgan fingerprint density at radius 3 is 2.83 bits per heavy atom. The van der Waals surface area contributed by atoms with Gasteiger partial charge in [0.1, 0.15) is 4.88 Å². The zero-order valence-corrected chi connectivity index (χ0v) is 15.1. The van der Waals surface area contributed by atoms with Crippen molar-refractivity contribution in [3.05, 3.63) is 45.6 Å². The van der Waals surface area contributed by atoms with Crippen LogP contribution in [0.15, 0.2) is 24.3 Å². The van der Waals surface area contributed by atoms with Gasteiger partial charge in [-0.3, -0.25) is 0 Å². The number of aryl methyl sites for hydroxylation is 1. The molecule has 0 unspecified atom stereocenters. The van der Waals surface area contributed by atoms with E-state index in [1.807, 2.05) is 25.1 Å². The zero-order chi connectivity index (χ0) is 16.7. The van der Waals surface area contributed by atoms with Crippen LogP contribution in [0.2, 0.25) is 5.02 Å². The molecule has 2 aromatic heterocycles. The van der Waals surface area contributed by atoms with Crippen molar-refractivity contribution in [3.8, 4) is 5.88 Å². The van der Waals surface area contributed by atoms with Gasteiger partial charge in [0.2, 0.25) is 10.8 Å². The van der Waals surface area contributed by atoms with Crippen LogP contribution in [0, 0.1) is 0 Å². The molecule has 0 saturated carbocycles. The molecular weight excluding hydrogens is 344 g/mol. The Hall–Kier alpha value is -1.63. The average Bonchev–Trinajstić information content (AvgIpc) is 3.28. The molecule has 3 aromatic rings. The lowest BCUT2D eigenvalue weighted by molar-refractivity contribution is -0.913. The average molecular weight is 364 g/mol. The molecule has 3 heterocycles. The second kappa shape index (κ2) is 6.35. The van der Waals surface area contributed by atoms with E-state index < -0.39 is 0 Å². The molecule has 1 aliphatic rings. The number of hydrogen-bond donors (Lipinski definition) is 2. The Bertz CT molecular complexity index is 869. The Kier molecular flexibility index (Phi) is 4.20. The van der Waals surface area contributed by atoms with Crippen LogP contribution in [0.1, 0.15) is 42.1 Å². The number of nitrogens with one attached hydrogen (secondary N) is 1. The third kappa shape index (κ3) is 2.68. The van der Waals surface area contributed by atoms with Gasteiger partial charge in [-0.25, -0.2) is 4.98 Å². The Labute approximate surface area is 149 Å². The van der Waals surface area contributed by atoms with Crippen LogP contribution >= 0.6 is 22.9 Å². The van der Waals surface area contributed by atoms with Gasteiger partial charge in [-0.2, -0.15) is 4.52 Å². The lowest BCUT2D eigenvalue weighted by Gasteiger charge is -2.24. The van der Waals surface area contributed by atoms with Gasteiger partial charge in [-0.05, 0) is 12.1 Å². The number of aromatic hydroxyl groups is 1. The second-order valence-electron chi connectivity index (χ2n) is 6.22. The van der Waals surface area contributed by atoms with E-state index in [0.717, 1.165) is 45.8 Å². The van der Waals surface area contributed by atoms with E-state index in [1.165, 1.54) is 29.1 Å². The first-order valence-electron chi connectivity index (χ1n) is 8.34. The van der Waals surface area contributed by atoms with E-state index in [0.29, 0.717) is 0 Å². The quantitative estimate of drug-likeness (QED) is 0.748. The summed E-state index contributed by atoms with van der Waals surface area (Å²) < 4.78 is 1.58. The molecule has 0 bridgehead atoms. The Morgan fingerprint density at radius 1 is 1.38 bits per heavy atom. The third-order valence-corrected chi connectivity index (χ3v) is 5.98. The summed E-state index contributed by atoms with van der Waals surface area (Å²) in [5.74, 6) is 0.975. The minimum Gasteiger partial charge on any atom is -0.492 e.